The third kappa shape index (κ3) is 4.15. The van der Waals surface area contributed by atoms with Crippen LogP contribution in [0.5, 0.6) is 0 Å². The van der Waals surface area contributed by atoms with Crippen molar-refractivity contribution < 1.29 is 44.3 Å². The molecule has 0 saturated carbocycles. The van der Waals surface area contributed by atoms with Crippen LogP contribution in [0.25, 0.3) is 0 Å². The molecule has 2 unspecified atom stereocenters. The first-order valence-corrected chi connectivity index (χ1v) is 9.69. The van der Waals surface area contributed by atoms with E-state index >= 15 is 0 Å². The maximum absolute atomic E-state index is 13.4. The molecule has 0 aliphatic carbocycles. The highest BCUT2D eigenvalue weighted by molar-refractivity contribution is 6.58. The Bertz CT molecular complexity index is 390. The normalized spacial score (nSPS) is 23.0. The van der Waals surface area contributed by atoms with Gasteiger partial charge in [0.25, 0.3) is 0 Å². The Balaban J connectivity index is 2.76. The summed E-state index contributed by atoms with van der Waals surface area (Å²) in [5, 5.41) is 0. The maximum atomic E-state index is 13.4. The Morgan fingerprint density at radius 1 is 0.913 bits per heavy atom. The number of rotatable bonds is 6. The molecule has 0 aromatic heterocycles. The van der Waals surface area contributed by atoms with Crippen LogP contribution >= 0.6 is 0 Å². The minimum Gasteiger partial charge on any atom is -0.382 e. The average molecular weight is 376 g/mol. The second-order valence-corrected chi connectivity index (χ2v) is 9.05. The molecule has 1 rings (SSSR count). The quantitative estimate of drug-likeness (QED) is 0.478. The molecular formula is C12H17F9OSi. The molecule has 138 valence electrons. The summed E-state index contributed by atoms with van der Waals surface area (Å²) in [7, 11) is -2.11. The lowest BCUT2D eigenvalue weighted by molar-refractivity contribution is -0.396. The molecule has 0 aromatic carbocycles. The van der Waals surface area contributed by atoms with Gasteiger partial charge in [-0.2, -0.15) is 39.5 Å². The number of hydrogen-bond donors (Lipinski definition) is 0. The lowest BCUT2D eigenvalue weighted by Gasteiger charge is -2.34. The van der Waals surface area contributed by atoms with E-state index in [1.54, 1.807) is 6.55 Å². The molecule has 1 saturated heterocycles. The van der Waals surface area contributed by atoms with Gasteiger partial charge in [0, 0.05) is 18.8 Å². The molecular weight excluding hydrogens is 359 g/mol. The molecule has 1 aliphatic rings. The van der Waals surface area contributed by atoms with E-state index in [1.807, 2.05) is 0 Å². The van der Waals surface area contributed by atoms with Gasteiger partial charge in [0.15, 0.2) is 0 Å². The molecule has 1 nitrogen and oxygen atoms in total. The standard InChI is InChI=1S/C12H17F9OSi/c1-23(8-4-2-3-6-22-8)7-5-9(13,14)10(15,16)11(17,18)12(19,20)21/h8,23H,2-7H2,1H3. The number of halogens is 9. The van der Waals surface area contributed by atoms with Crippen molar-refractivity contribution in [1.82, 2.24) is 0 Å². The van der Waals surface area contributed by atoms with Crippen LogP contribution < -0.4 is 0 Å². The highest BCUT2D eigenvalue weighted by Crippen LogP contribution is 2.54. The summed E-state index contributed by atoms with van der Waals surface area (Å²) in [5.41, 5.74) is -0.351. The van der Waals surface area contributed by atoms with Crippen LogP contribution in [0.3, 0.4) is 0 Å². The summed E-state index contributed by atoms with van der Waals surface area (Å²) in [6.45, 7) is 1.95. The molecule has 0 spiro atoms. The lowest BCUT2D eigenvalue weighted by Crippen LogP contribution is -2.61. The van der Waals surface area contributed by atoms with Crippen molar-refractivity contribution in [3.8, 4) is 0 Å². The van der Waals surface area contributed by atoms with Crippen LogP contribution in [-0.4, -0.2) is 45.1 Å². The van der Waals surface area contributed by atoms with Gasteiger partial charge in [-0.25, -0.2) is 0 Å². The van der Waals surface area contributed by atoms with Gasteiger partial charge in [0.05, 0.1) is 8.80 Å². The molecule has 0 N–H and O–H groups in total. The summed E-state index contributed by atoms with van der Waals surface area (Å²) >= 11 is 0. The minimum absolute atomic E-state index is 0.351. The van der Waals surface area contributed by atoms with E-state index in [0.717, 1.165) is 12.8 Å². The van der Waals surface area contributed by atoms with E-state index in [-0.39, 0.29) is 5.73 Å². The molecule has 1 heterocycles. The van der Waals surface area contributed by atoms with Crippen molar-refractivity contribution in [2.24, 2.45) is 0 Å². The first kappa shape index (κ1) is 20.6. The predicted molar refractivity (Wildman–Crippen MR) is 66.9 cm³/mol. The third-order valence-electron chi connectivity index (χ3n) is 3.97. The molecule has 23 heavy (non-hydrogen) atoms. The summed E-state index contributed by atoms with van der Waals surface area (Å²) < 4.78 is 120. The van der Waals surface area contributed by atoms with Crippen molar-refractivity contribution in [3.05, 3.63) is 0 Å². The van der Waals surface area contributed by atoms with Gasteiger partial charge in [0.2, 0.25) is 0 Å². The van der Waals surface area contributed by atoms with Crippen LogP contribution in [-0.2, 0) is 4.74 Å². The SMILES string of the molecule is C[SiH](CCC(F)(F)C(F)(F)C(F)(F)C(F)(F)F)C1CCCCO1. The van der Waals surface area contributed by atoms with E-state index < -0.39 is 45.2 Å². The predicted octanol–water partition coefficient (Wildman–Crippen LogP) is 4.81. The first-order valence-electron chi connectivity index (χ1n) is 7.06. The van der Waals surface area contributed by atoms with E-state index in [9.17, 15) is 39.5 Å². The lowest BCUT2D eigenvalue weighted by atomic mass is 10.0. The van der Waals surface area contributed by atoms with Crippen molar-refractivity contribution in [2.75, 3.05) is 6.61 Å². The zero-order valence-corrected chi connectivity index (χ0v) is 13.4. The minimum atomic E-state index is -6.80. The summed E-state index contributed by atoms with van der Waals surface area (Å²) in [4.78, 5) is 0. The van der Waals surface area contributed by atoms with Gasteiger partial charge in [-0.05, 0) is 19.3 Å². The molecule has 2 atom stereocenters. The Labute approximate surface area is 128 Å². The van der Waals surface area contributed by atoms with Crippen LogP contribution in [0.4, 0.5) is 39.5 Å². The van der Waals surface area contributed by atoms with Crippen molar-refractivity contribution in [3.63, 3.8) is 0 Å². The van der Waals surface area contributed by atoms with Gasteiger partial charge in [-0.15, -0.1) is 0 Å². The molecule has 0 bridgehead atoms. The van der Waals surface area contributed by atoms with E-state index in [0.29, 0.717) is 13.0 Å². The molecule has 0 amide bonds. The average Bonchev–Trinajstić information content (AvgIpc) is 2.44. The van der Waals surface area contributed by atoms with E-state index in [4.69, 9.17) is 4.74 Å². The monoisotopic (exact) mass is 376 g/mol. The Morgan fingerprint density at radius 2 is 1.48 bits per heavy atom. The van der Waals surface area contributed by atoms with Crippen molar-refractivity contribution in [1.29, 1.82) is 0 Å². The van der Waals surface area contributed by atoms with Gasteiger partial charge >= 0.3 is 23.9 Å². The molecule has 11 heteroatoms. The fourth-order valence-electron chi connectivity index (χ4n) is 2.37. The molecule has 1 fully saturated rings. The second-order valence-electron chi connectivity index (χ2n) is 5.77. The first-order chi connectivity index (χ1) is 10.2. The van der Waals surface area contributed by atoms with Crippen molar-refractivity contribution in [2.45, 2.75) is 67.9 Å². The smallest absolute Gasteiger partial charge is 0.382 e. The van der Waals surface area contributed by atoms with Gasteiger partial charge < -0.3 is 4.74 Å². The number of ether oxygens (including phenoxy) is 1. The molecule has 1 aliphatic heterocycles. The summed E-state index contributed by atoms with van der Waals surface area (Å²) in [6, 6.07) is -0.513. The van der Waals surface area contributed by atoms with Gasteiger partial charge in [0.1, 0.15) is 0 Å². The van der Waals surface area contributed by atoms with E-state index in [1.165, 1.54) is 0 Å². The highest BCUT2D eigenvalue weighted by atomic mass is 28.3. The molecule has 0 aromatic rings. The zero-order chi connectivity index (χ0) is 18.1. The number of alkyl halides is 9. The zero-order valence-electron chi connectivity index (χ0n) is 12.2. The number of hydrogen-bond acceptors (Lipinski definition) is 1. The second kappa shape index (κ2) is 6.81. The topological polar surface area (TPSA) is 9.23 Å². The van der Waals surface area contributed by atoms with Crippen molar-refractivity contribution >= 4 is 8.80 Å². The van der Waals surface area contributed by atoms with Crippen LogP contribution in [0.15, 0.2) is 0 Å². The third-order valence-corrected chi connectivity index (χ3v) is 6.97. The van der Waals surface area contributed by atoms with Gasteiger partial charge in [-0.3, -0.25) is 0 Å². The maximum Gasteiger partial charge on any atom is 0.460 e. The largest absolute Gasteiger partial charge is 0.460 e. The highest BCUT2D eigenvalue weighted by Gasteiger charge is 2.81. The Morgan fingerprint density at radius 3 is 1.91 bits per heavy atom. The van der Waals surface area contributed by atoms with Crippen LogP contribution in [0.2, 0.25) is 12.6 Å². The summed E-state index contributed by atoms with van der Waals surface area (Å²) in [6.07, 6.45) is -6.35. The summed E-state index contributed by atoms with van der Waals surface area (Å²) in [5.74, 6) is -18.8. The van der Waals surface area contributed by atoms with Crippen LogP contribution in [0, 0.1) is 0 Å². The Hall–Kier alpha value is -0.453. The molecule has 0 radical (unpaired) electrons. The van der Waals surface area contributed by atoms with Crippen LogP contribution in [0.1, 0.15) is 25.7 Å². The fourth-order valence-corrected chi connectivity index (χ4v) is 4.83. The van der Waals surface area contributed by atoms with E-state index in [2.05, 4.69) is 0 Å². The fraction of sp³-hybridized carbons (Fsp3) is 1.00. The van der Waals surface area contributed by atoms with Gasteiger partial charge in [-0.1, -0.05) is 12.6 Å². The Kier molecular flexibility index (Phi) is 6.10.